The molecule has 0 spiro atoms. The Labute approximate surface area is 436 Å². The monoisotopic (exact) mass is 1050 g/mol. The van der Waals surface area contributed by atoms with Crippen molar-refractivity contribution in [2.75, 3.05) is 43.5 Å². The molecule has 5 heterocycles. The second-order valence-corrected chi connectivity index (χ2v) is 20.4. The minimum absolute atomic E-state index is 0.0143. The molecule has 9 rings (SSSR count). The number of aliphatic hydroxyl groups is 2. The molecule has 2 fully saturated rings. The van der Waals surface area contributed by atoms with Crippen LogP contribution in [0.5, 0.6) is 23.0 Å². The highest BCUT2D eigenvalue weighted by molar-refractivity contribution is 6.24. The fourth-order valence-electron chi connectivity index (χ4n) is 10.5. The van der Waals surface area contributed by atoms with Gasteiger partial charge in [-0.15, -0.1) is 0 Å². The van der Waals surface area contributed by atoms with E-state index in [1.807, 2.05) is 0 Å². The van der Waals surface area contributed by atoms with Crippen molar-refractivity contribution in [2.24, 2.45) is 28.8 Å². The van der Waals surface area contributed by atoms with Crippen molar-refractivity contribution in [2.45, 2.75) is 104 Å². The van der Waals surface area contributed by atoms with Gasteiger partial charge in [-0.3, -0.25) is 24.2 Å². The van der Waals surface area contributed by atoms with E-state index < -0.39 is 117 Å². The van der Waals surface area contributed by atoms with Crippen molar-refractivity contribution < 1.29 is 73.2 Å². The molecule has 21 heteroatoms. The maximum absolute atomic E-state index is 15.9. The number of hydrogen-bond acceptors (Lipinski definition) is 17. The topological polar surface area (TPSA) is 279 Å². The molecule has 20 nitrogen and oxygen atoms in total. The highest BCUT2D eigenvalue weighted by Gasteiger charge is 2.50. The number of carboxylic acids is 1. The number of aromatic hydroxyl groups is 3. The van der Waals surface area contributed by atoms with Gasteiger partial charge in [-0.1, -0.05) is 45.9 Å². The average Bonchev–Trinajstić information content (AvgIpc) is 4.24. The number of piperazine rings is 1. The number of hydrogen-bond donors (Lipinski definition) is 7. The van der Waals surface area contributed by atoms with Crippen LogP contribution in [0.1, 0.15) is 99.2 Å². The van der Waals surface area contributed by atoms with Crippen LogP contribution in [-0.2, 0) is 23.8 Å². The molecule has 1 amide bonds. The first-order valence-electron chi connectivity index (χ1n) is 25.1. The lowest BCUT2D eigenvalue weighted by Crippen LogP contribution is -2.46. The maximum Gasteiger partial charge on any atom is 0.341 e. The quantitative estimate of drug-likeness (QED) is 0.0456. The number of carbonyl (C=O) groups excluding carboxylic acids is 3. The maximum atomic E-state index is 15.9. The Kier molecular flexibility index (Phi) is 15.3. The van der Waals surface area contributed by atoms with E-state index in [0.717, 1.165) is 25.2 Å². The van der Waals surface area contributed by atoms with Gasteiger partial charge in [0.05, 0.1) is 77.3 Å². The number of carboxylic acid groups (broad SMARTS) is 1. The van der Waals surface area contributed by atoms with Gasteiger partial charge >= 0.3 is 17.7 Å². The van der Waals surface area contributed by atoms with Gasteiger partial charge in [0.1, 0.15) is 34.7 Å². The van der Waals surface area contributed by atoms with Crippen LogP contribution in [0, 0.1) is 36.4 Å². The Bertz CT molecular complexity index is 3210. The highest BCUT2D eigenvalue weighted by atomic mass is 19.1. The van der Waals surface area contributed by atoms with E-state index in [1.54, 1.807) is 54.3 Å². The van der Waals surface area contributed by atoms with Gasteiger partial charge < -0.3 is 64.4 Å². The number of anilines is 2. The first kappa shape index (κ1) is 54.8. The van der Waals surface area contributed by atoms with Crippen molar-refractivity contribution in [3.05, 3.63) is 92.8 Å². The molecule has 4 aliphatic heterocycles. The third-order valence-electron chi connectivity index (χ3n) is 15.3. The lowest BCUT2D eigenvalue weighted by Gasteiger charge is -2.38. The number of benzene rings is 3. The van der Waals surface area contributed by atoms with Crippen LogP contribution in [0.3, 0.4) is 0 Å². The molecule has 76 heavy (non-hydrogen) atoms. The van der Waals surface area contributed by atoms with Crippen LogP contribution in [0.25, 0.3) is 21.7 Å². The molecule has 7 N–H and O–H groups in total. The number of phenols is 3. The Balaban J connectivity index is 1.18. The number of methoxy groups -OCH3 is 1. The van der Waals surface area contributed by atoms with E-state index in [2.05, 4.69) is 10.4 Å². The van der Waals surface area contributed by atoms with Gasteiger partial charge in [-0.05, 0) is 44.9 Å². The molecular formula is C55H64FN5O15. The number of nitrogens with zero attached hydrogens (tertiary/aromatic N) is 4. The van der Waals surface area contributed by atoms with E-state index in [1.165, 1.54) is 65.4 Å². The van der Waals surface area contributed by atoms with Gasteiger partial charge in [0.15, 0.2) is 5.75 Å². The molecule has 1 saturated carbocycles. The number of aromatic nitrogens is 1. The molecule has 406 valence electrons. The van der Waals surface area contributed by atoms with E-state index in [0.29, 0.717) is 5.52 Å². The summed E-state index contributed by atoms with van der Waals surface area (Å²) in [6.07, 6.45) is 7.17. The molecule has 1 saturated heterocycles. The summed E-state index contributed by atoms with van der Waals surface area (Å²) in [5, 5.41) is 77.1. The third-order valence-corrected chi connectivity index (χ3v) is 15.3. The molecule has 1 aliphatic carbocycles. The Morgan fingerprint density at radius 2 is 1.61 bits per heavy atom. The number of phenolic OH excluding ortho intramolecular Hbond substituents is 3. The molecule has 9 atom stereocenters. The van der Waals surface area contributed by atoms with Crippen molar-refractivity contribution in [1.82, 2.24) is 9.58 Å². The first-order valence-corrected chi connectivity index (χ1v) is 25.1. The molecular weight excluding hydrogens is 990 g/mol. The number of amides is 1. The largest absolute Gasteiger partial charge is 0.507 e. The number of nitrogens with one attached hydrogen (secondary N) is 1. The van der Waals surface area contributed by atoms with E-state index in [4.69, 9.17) is 18.9 Å². The van der Waals surface area contributed by atoms with Gasteiger partial charge in [-0.2, -0.15) is 5.10 Å². The molecule has 3 aromatic carbocycles. The van der Waals surface area contributed by atoms with E-state index in [-0.39, 0.29) is 82.4 Å². The number of allylic oxidation sites excluding steroid dienone is 2. The van der Waals surface area contributed by atoms with E-state index >= 15 is 4.39 Å². The smallest absolute Gasteiger partial charge is 0.341 e. The van der Waals surface area contributed by atoms with Crippen LogP contribution >= 0.6 is 0 Å². The van der Waals surface area contributed by atoms with Gasteiger partial charge in [0.2, 0.25) is 5.43 Å². The third kappa shape index (κ3) is 10.1. The summed E-state index contributed by atoms with van der Waals surface area (Å²) in [6, 6.07) is 2.59. The minimum atomic E-state index is -2.14. The number of halogens is 1. The van der Waals surface area contributed by atoms with Crippen LogP contribution < -0.4 is 20.4 Å². The fraction of sp³-hybridized carbons (Fsp3) is 0.455. The highest BCUT2D eigenvalue weighted by Crippen LogP contribution is 2.55. The number of rotatable bonds is 7. The molecule has 0 radical (unpaired) electrons. The van der Waals surface area contributed by atoms with Crippen molar-refractivity contribution in [1.29, 1.82) is 0 Å². The van der Waals surface area contributed by atoms with Gasteiger partial charge in [0, 0.05) is 91.9 Å². The first-order chi connectivity index (χ1) is 35.9. The average molecular weight is 1050 g/mol. The summed E-state index contributed by atoms with van der Waals surface area (Å²) in [5.41, 5.74) is -1.47. The van der Waals surface area contributed by atoms with Crippen molar-refractivity contribution in [3.8, 4) is 23.0 Å². The summed E-state index contributed by atoms with van der Waals surface area (Å²) in [7, 11) is 1.41. The number of ketones is 1. The zero-order chi connectivity index (χ0) is 55.4. The zero-order valence-electron chi connectivity index (χ0n) is 43.7. The number of carbonyl (C=O) groups is 4. The number of esters is 1. The fourth-order valence-corrected chi connectivity index (χ4v) is 10.5. The van der Waals surface area contributed by atoms with Crippen LogP contribution in [0.15, 0.2) is 64.4 Å². The number of Topliss-reactive ketones (excluding diaryl/α,β-unsaturated/α-hetero) is 1. The van der Waals surface area contributed by atoms with Crippen LogP contribution in [0.2, 0.25) is 0 Å². The number of hydrazone groups is 1. The molecule has 4 aromatic rings. The summed E-state index contributed by atoms with van der Waals surface area (Å²) in [6.45, 7) is 13.0. The zero-order valence-corrected chi connectivity index (χ0v) is 43.7. The Hall–Kier alpha value is -7.49. The van der Waals surface area contributed by atoms with Gasteiger partial charge in [0.25, 0.3) is 11.7 Å². The number of ether oxygens (including phenoxy) is 4. The number of pyridine rings is 1. The van der Waals surface area contributed by atoms with E-state index in [9.17, 15) is 54.6 Å². The lowest BCUT2D eigenvalue weighted by molar-refractivity contribution is -0.160. The number of aromatic carboxylic acids is 1. The SMILES string of the molecule is CO[C@H]1C=CO[C@@]2(C)Oc3c(C)c(O)c4c(O)c(c(C=NN5CCN(c6cc7c(cc6F)c(=O)c(C(=O)O)cn7C6CC6)CC5)c(O)c4c3C2=O)NC(=O)C(C)=CC=C[C@H](C)[C@H](O)[C@@H](C)[C@@H](O)[C@@H](C)[C@H](OC(C)=O)[C@@H]1C. The van der Waals surface area contributed by atoms with Gasteiger partial charge in [-0.25, -0.2) is 9.18 Å². The van der Waals surface area contributed by atoms with Crippen LogP contribution in [0.4, 0.5) is 15.8 Å². The molecule has 5 bridgehead atoms. The predicted octanol–water partition coefficient (Wildman–Crippen LogP) is 6.40. The standard InChI is InChI=1S/C55H64FN5O15/c1-25-11-10-12-26(2)53(70)58-43-34(23-57-60-18-16-59(17-19-60)38-22-37-33(21-36(38)56)47(66)35(54(71)72)24-61(37)32-13-14-32)48(67)40-41(49(43)68)46(65)30(6)51-42(40)52(69)55(8,76-51)74-20-15-39(73-9)27(3)50(75-31(7)62)29(5)45(64)28(4)44(25)63/h10-12,15,20-25,27-29,32,39,44-45,50,63-65,67-68H,13-14,16-19H2,1-9H3,(H,58,70)(H,71,72)/t25-,27+,28+,29+,39-,44-,45+,50+,55-/m0/s1. The molecule has 1 aromatic heterocycles. The van der Waals surface area contributed by atoms with Crippen LogP contribution in [-0.4, -0.2) is 134 Å². The normalized spacial score (nSPS) is 26.8. The molecule has 0 unspecified atom stereocenters. The Morgan fingerprint density at radius 3 is 2.24 bits per heavy atom. The predicted molar refractivity (Wildman–Crippen MR) is 279 cm³/mol. The Morgan fingerprint density at radius 1 is 0.921 bits per heavy atom. The van der Waals surface area contributed by atoms with Crippen molar-refractivity contribution >= 4 is 62.9 Å². The number of fused-ring (bicyclic) bond motifs is 15. The summed E-state index contributed by atoms with van der Waals surface area (Å²) in [5.74, 6) is -11.4. The summed E-state index contributed by atoms with van der Waals surface area (Å²) >= 11 is 0. The summed E-state index contributed by atoms with van der Waals surface area (Å²) in [4.78, 5) is 67.9. The summed E-state index contributed by atoms with van der Waals surface area (Å²) < 4.78 is 41.3. The lowest BCUT2D eigenvalue weighted by atomic mass is 9.78. The number of aliphatic hydroxyl groups excluding tert-OH is 2. The second-order valence-electron chi connectivity index (χ2n) is 20.4. The molecule has 5 aliphatic rings. The van der Waals surface area contributed by atoms with Crippen molar-refractivity contribution in [3.63, 3.8) is 0 Å². The second kappa shape index (κ2) is 21.3. The minimum Gasteiger partial charge on any atom is -0.507 e.